The van der Waals surface area contributed by atoms with Gasteiger partial charge >= 0.3 is 5.97 Å². The lowest BCUT2D eigenvalue weighted by Gasteiger charge is -2.11. The Morgan fingerprint density at radius 1 is 1.19 bits per heavy atom. The highest BCUT2D eigenvalue weighted by atomic mass is 16.5. The van der Waals surface area contributed by atoms with Gasteiger partial charge in [-0.15, -0.1) is 0 Å². The highest BCUT2D eigenvalue weighted by Crippen LogP contribution is 2.30. The molecule has 1 aliphatic rings. The second-order valence-electron chi connectivity index (χ2n) is 7.81. The summed E-state index contributed by atoms with van der Waals surface area (Å²) >= 11 is 0. The Labute approximate surface area is 179 Å². The van der Waals surface area contributed by atoms with Crippen LogP contribution in [0.5, 0.6) is 0 Å². The summed E-state index contributed by atoms with van der Waals surface area (Å²) in [6.07, 6.45) is 5.40. The van der Waals surface area contributed by atoms with Crippen molar-refractivity contribution in [2.24, 2.45) is 0 Å². The molecule has 5 rings (SSSR count). The molecule has 0 bridgehead atoms. The van der Waals surface area contributed by atoms with E-state index in [1.807, 2.05) is 49.4 Å². The van der Waals surface area contributed by atoms with Gasteiger partial charge in [0.15, 0.2) is 0 Å². The topological polar surface area (TPSA) is 92.8 Å². The molecule has 1 fully saturated rings. The third kappa shape index (κ3) is 4.04. The third-order valence-corrected chi connectivity index (χ3v) is 5.55. The largest absolute Gasteiger partial charge is 0.460 e. The lowest BCUT2D eigenvalue weighted by Crippen LogP contribution is -2.28. The fourth-order valence-electron chi connectivity index (χ4n) is 3.94. The van der Waals surface area contributed by atoms with Crippen LogP contribution >= 0.6 is 0 Å². The molecule has 4 aromatic rings. The number of esters is 1. The molecule has 7 nitrogen and oxygen atoms in total. The number of hydrogen-bond acceptors (Lipinski definition) is 6. The highest BCUT2D eigenvalue weighted by molar-refractivity contribution is 5.95. The number of nitrogens with one attached hydrogen (secondary N) is 2. The van der Waals surface area contributed by atoms with Crippen LogP contribution in [0.3, 0.4) is 0 Å². The Bertz CT molecular complexity index is 1240. The molecule has 1 aliphatic heterocycles. The molecule has 0 amide bonds. The summed E-state index contributed by atoms with van der Waals surface area (Å²) in [7, 11) is 0. The predicted octanol–water partition coefficient (Wildman–Crippen LogP) is 3.90. The zero-order chi connectivity index (χ0) is 21.2. The molecule has 1 atom stereocenters. The van der Waals surface area contributed by atoms with Crippen molar-refractivity contribution in [1.82, 2.24) is 25.3 Å². The second-order valence-corrected chi connectivity index (χ2v) is 7.81. The van der Waals surface area contributed by atoms with Gasteiger partial charge < -0.3 is 15.0 Å². The van der Waals surface area contributed by atoms with Crippen molar-refractivity contribution in [1.29, 1.82) is 0 Å². The first-order chi connectivity index (χ1) is 15.2. The highest BCUT2D eigenvalue weighted by Gasteiger charge is 2.18. The van der Waals surface area contributed by atoms with Crippen molar-refractivity contribution in [2.45, 2.75) is 25.8 Å². The smallest absolute Gasteiger partial charge is 0.339 e. The van der Waals surface area contributed by atoms with E-state index in [9.17, 15) is 4.79 Å². The van der Waals surface area contributed by atoms with Crippen LogP contribution in [0.4, 0.5) is 0 Å². The van der Waals surface area contributed by atoms with E-state index in [1.165, 1.54) is 0 Å². The van der Waals surface area contributed by atoms with Gasteiger partial charge in [0.05, 0.1) is 34.5 Å². The Morgan fingerprint density at radius 3 is 2.97 bits per heavy atom. The molecule has 156 valence electrons. The van der Waals surface area contributed by atoms with E-state index >= 15 is 0 Å². The molecule has 0 unspecified atom stereocenters. The van der Waals surface area contributed by atoms with Crippen LogP contribution < -0.4 is 5.32 Å². The maximum Gasteiger partial charge on any atom is 0.339 e. The first-order valence-electron chi connectivity index (χ1n) is 10.5. The van der Waals surface area contributed by atoms with Crippen LogP contribution in [0, 0.1) is 6.92 Å². The third-order valence-electron chi connectivity index (χ3n) is 5.55. The van der Waals surface area contributed by atoms with E-state index in [0.717, 1.165) is 58.6 Å². The molecule has 0 radical (unpaired) electrons. The summed E-state index contributed by atoms with van der Waals surface area (Å²) in [5, 5.41) is 4.19. The zero-order valence-electron chi connectivity index (χ0n) is 17.3. The number of ether oxygens (including phenoxy) is 1. The number of pyridine rings is 2. The number of H-pyrrole nitrogens is 1. The standard InChI is InChI=1S/C24H23N5O2/c1-15-4-2-6-21(29-15)23-22(27-14-28-23)16-7-8-20-17(10-16)11-18(12-26-20)24(30)31-13-19-5-3-9-25-19/h2,4,6-8,10-12,14,19,25H,3,5,9,13H2,1H3,(H,27,28)/t19-/m1/s1. The Kier molecular flexibility index (Phi) is 5.18. The van der Waals surface area contributed by atoms with Crippen LogP contribution in [-0.2, 0) is 4.74 Å². The number of aromatic nitrogens is 4. The molecule has 3 aromatic heterocycles. The van der Waals surface area contributed by atoms with Crippen LogP contribution in [0.1, 0.15) is 28.9 Å². The second kappa shape index (κ2) is 8.28. The molecule has 2 N–H and O–H groups in total. The lowest BCUT2D eigenvalue weighted by molar-refractivity contribution is 0.0473. The van der Waals surface area contributed by atoms with E-state index < -0.39 is 0 Å². The fourth-order valence-corrected chi connectivity index (χ4v) is 3.94. The molecule has 1 saturated heterocycles. The number of aromatic amines is 1. The molecule has 1 aromatic carbocycles. The van der Waals surface area contributed by atoms with Crippen molar-refractivity contribution >= 4 is 16.9 Å². The van der Waals surface area contributed by atoms with E-state index in [-0.39, 0.29) is 12.0 Å². The Hall–Kier alpha value is -3.58. The van der Waals surface area contributed by atoms with Gasteiger partial charge in [-0.3, -0.25) is 9.97 Å². The Balaban J connectivity index is 1.44. The minimum Gasteiger partial charge on any atom is -0.460 e. The van der Waals surface area contributed by atoms with E-state index in [1.54, 1.807) is 12.5 Å². The lowest BCUT2D eigenvalue weighted by atomic mass is 10.0. The molecule has 4 heterocycles. The summed E-state index contributed by atoms with van der Waals surface area (Å²) in [4.78, 5) is 29.3. The first kappa shape index (κ1) is 19.4. The van der Waals surface area contributed by atoms with Crippen molar-refractivity contribution in [3.63, 3.8) is 0 Å². The average molecular weight is 413 g/mol. The van der Waals surface area contributed by atoms with Crippen molar-refractivity contribution in [3.05, 3.63) is 66.2 Å². The van der Waals surface area contributed by atoms with Gasteiger partial charge in [-0.25, -0.2) is 9.78 Å². The van der Waals surface area contributed by atoms with Gasteiger partial charge in [-0.1, -0.05) is 12.1 Å². The number of nitrogens with zero attached hydrogens (tertiary/aromatic N) is 3. The van der Waals surface area contributed by atoms with Crippen molar-refractivity contribution in [3.8, 4) is 22.6 Å². The quantitative estimate of drug-likeness (QED) is 0.482. The predicted molar refractivity (Wildman–Crippen MR) is 119 cm³/mol. The molecular weight excluding hydrogens is 390 g/mol. The van der Waals surface area contributed by atoms with Crippen molar-refractivity contribution in [2.75, 3.05) is 13.2 Å². The zero-order valence-corrected chi connectivity index (χ0v) is 17.3. The Morgan fingerprint density at radius 2 is 2.13 bits per heavy atom. The monoisotopic (exact) mass is 413 g/mol. The molecule has 0 saturated carbocycles. The minimum absolute atomic E-state index is 0.247. The van der Waals surface area contributed by atoms with Crippen LogP contribution in [-0.4, -0.2) is 45.1 Å². The molecular formula is C24H23N5O2. The number of imidazole rings is 1. The number of carbonyl (C=O) groups is 1. The fraction of sp³-hybridized carbons (Fsp3) is 0.250. The van der Waals surface area contributed by atoms with Crippen LogP contribution in [0.2, 0.25) is 0 Å². The first-order valence-corrected chi connectivity index (χ1v) is 10.5. The van der Waals surface area contributed by atoms with Crippen molar-refractivity contribution < 1.29 is 9.53 Å². The average Bonchev–Trinajstić information content (AvgIpc) is 3.49. The normalized spacial score (nSPS) is 16.0. The van der Waals surface area contributed by atoms with Gasteiger partial charge in [0.2, 0.25) is 0 Å². The molecule has 0 aliphatic carbocycles. The van der Waals surface area contributed by atoms with Gasteiger partial charge in [0.1, 0.15) is 6.61 Å². The van der Waals surface area contributed by atoms with E-state index in [0.29, 0.717) is 12.2 Å². The van der Waals surface area contributed by atoms with Gasteiger partial charge in [0, 0.05) is 28.9 Å². The number of carbonyl (C=O) groups excluding carboxylic acids is 1. The number of fused-ring (bicyclic) bond motifs is 1. The van der Waals surface area contributed by atoms with E-state index in [2.05, 4.69) is 25.3 Å². The number of aryl methyl sites for hydroxylation is 1. The van der Waals surface area contributed by atoms with Gasteiger partial charge in [0.25, 0.3) is 0 Å². The molecule has 7 heteroatoms. The van der Waals surface area contributed by atoms with Gasteiger partial charge in [-0.05, 0) is 56.6 Å². The maximum absolute atomic E-state index is 12.5. The summed E-state index contributed by atoms with van der Waals surface area (Å²) in [5.74, 6) is -0.349. The van der Waals surface area contributed by atoms with Crippen LogP contribution in [0.25, 0.3) is 33.5 Å². The number of rotatable bonds is 5. The molecule has 0 spiro atoms. The summed E-state index contributed by atoms with van der Waals surface area (Å²) in [5.41, 5.74) is 5.62. The SMILES string of the molecule is Cc1cccc(-c2[nH]cnc2-c2ccc3ncc(C(=O)OC[C@H]4CCCN4)cc3c2)n1. The van der Waals surface area contributed by atoms with E-state index in [4.69, 9.17) is 4.74 Å². The summed E-state index contributed by atoms with van der Waals surface area (Å²) < 4.78 is 5.48. The van der Waals surface area contributed by atoms with Crippen LogP contribution in [0.15, 0.2) is 55.0 Å². The summed E-state index contributed by atoms with van der Waals surface area (Å²) in [6, 6.07) is 13.9. The summed E-state index contributed by atoms with van der Waals surface area (Å²) in [6.45, 7) is 3.33. The molecule has 31 heavy (non-hydrogen) atoms. The minimum atomic E-state index is -0.349. The number of hydrogen-bond donors (Lipinski definition) is 2. The maximum atomic E-state index is 12.5. The van der Waals surface area contributed by atoms with Gasteiger partial charge in [-0.2, -0.15) is 0 Å². The number of benzene rings is 1.